The minimum atomic E-state index is -0.226. The molecule has 0 radical (unpaired) electrons. The van der Waals surface area contributed by atoms with Gasteiger partial charge in [0.25, 0.3) is 5.91 Å². The molecule has 1 saturated heterocycles. The number of carbonyl (C=O) groups excluding carboxylic acids is 1. The summed E-state index contributed by atoms with van der Waals surface area (Å²) in [5.41, 5.74) is 4.01. The maximum Gasteiger partial charge on any atom is 0.260 e. The third kappa shape index (κ3) is 6.27. The Balaban J connectivity index is 1.31. The average molecular weight is 637 g/mol. The predicted molar refractivity (Wildman–Crippen MR) is 166 cm³/mol. The van der Waals surface area contributed by atoms with Gasteiger partial charge in [0.05, 0.1) is 15.1 Å². The van der Waals surface area contributed by atoms with Crippen LogP contribution >= 0.6 is 34.4 Å². The normalized spacial score (nSPS) is 16.0. The van der Waals surface area contributed by atoms with Gasteiger partial charge >= 0.3 is 0 Å². The van der Waals surface area contributed by atoms with Crippen molar-refractivity contribution in [3.8, 4) is 11.5 Å². The Labute approximate surface area is 241 Å². The van der Waals surface area contributed by atoms with E-state index < -0.39 is 0 Å². The van der Waals surface area contributed by atoms with E-state index in [1.54, 1.807) is 0 Å². The van der Waals surface area contributed by atoms with Crippen LogP contribution in [0.1, 0.15) is 30.5 Å². The van der Waals surface area contributed by atoms with Gasteiger partial charge < -0.3 is 20.1 Å². The van der Waals surface area contributed by atoms with E-state index in [9.17, 15) is 4.79 Å². The van der Waals surface area contributed by atoms with Crippen LogP contribution in [-0.4, -0.2) is 18.0 Å². The lowest BCUT2D eigenvalue weighted by Gasteiger charge is -2.15. The third-order valence-corrected chi connectivity index (χ3v) is 8.05. The van der Waals surface area contributed by atoms with Crippen LogP contribution < -0.4 is 20.1 Å². The Kier molecular flexibility index (Phi) is 8.44. The summed E-state index contributed by atoms with van der Waals surface area (Å²) in [7, 11) is 0. The molecule has 5 nitrogen and oxygen atoms in total. The number of amides is 1. The summed E-state index contributed by atoms with van der Waals surface area (Å²) in [5.74, 6) is 1.28. The number of hydrogen-bond acceptors (Lipinski definition) is 5. The monoisotopic (exact) mass is 636 g/mol. The minimum absolute atomic E-state index is 0.0951. The van der Waals surface area contributed by atoms with Gasteiger partial charge in [-0.2, -0.15) is 0 Å². The molecule has 0 aromatic heterocycles. The molecule has 1 atom stereocenters. The van der Waals surface area contributed by atoms with Gasteiger partial charge in [0, 0.05) is 5.69 Å². The van der Waals surface area contributed by atoms with E-state index in [2.05, 4.69) is 82.6 Å². The number of thioether (sulfide) groups is 1. The van der Waals surface area contributed by atoms with Crippen molar-refractivity contribution in [1.82, 2.24) is 5.32 Å². The molecule has 0 unspecified atom stereocenters. The second kappa shape index (κ2) is 12.1. The van der Waals surface area contributed by atoms with E-state index in [4.69, 9.17) is 9.47 Å². The maximum absolute atomic E-state index is 12.7. The van der Waals surface area contributed by atoms with Crippen molar-refractivity contribution in [1.29, 1.82) is 0 Å². The summed E-state index contributed by atoms with van der Waals surface area (Å²) in [6.07, 6.45) is 2.90. The molecule has 38 heavy (non-hydrogen) atoms. The molecule has 1 amide bonds. The Morgan fingerprint density at radius 1 is 0.947 bits per heavy atom. The van der Waals surface area contributed by atoms with Crippen LogP contribution in [0.15, 0.2) is 83.8 Å². The highest BCUT2D eigenvalue weighted by Crippen LogP contribution is 2.37. The molecule has 4 aromatic carbocycles. The number of halogens is 1. The minimum Gasteiger partial charge on any atom is -0.490 e. The average Bonchev–Trinajstić information content (AvgIpc) is 3.26. The van der Waals surface area contributed by atoms with Gasteiger partial charge in [-0.05, 0) is 99.8 Å². The molecule has 0 saturated carbocycles. The van der Waals surface area contributed by atoms with Gasteiger partial charge in [-0.25, -0.2) is 0 Å². The lowest BCUT2D eigenvalue weighted by atomic mass is 10.1. The van der Waals surface area contributed by atoms with Gasteiger partial charge in [0.2, 0.25) is 0 Å². The van der Waals surface area contributed by atoms with Crippen molar-refractivity contribution in [2.75, 3.05) is 11.9 Å². The van der Waals surface area contributed by atoms with Crippen molar-refractivity contribution in [3.63, 3.8) is 0 Å². The van der Waals surface area contributed by atoms with Gasteiger partial charge in [-0.3, -0.25) is 4.79 Å². The largest absolute Gasteiger partial charge is 0.490 e. The number of carbonyl (C=O) groups is 1. The van der Waals surface area contributed by atoms with Crippen molar-refractivity contribution in [3.05, 3.63) is 104 Å². The molecule has 0 spiro atoms. The Hall–Kier alpha value is -3.17. The molecule has 194 valence electrons. The third-order valence-electron chi connectivity index (χ3n) is 6.22. The van der Waals surface area contributed by atoms with Crippen LogP contribution in [0.25, 0.3) is 16.8 Å². The number of rotatable bonds is 9. The lowest BCUT2D eigenvalue weighted by Crippen LogP contribution is -2.30. The van der Waals surface area contributed by atoms with Crippen LogP contribution in [0.3, 0.4) is 0 Å². The number of ether oxygens (including phenoxy) is 2. The first-order valence-electron chi connectivity index (χ1n) is 12.6. The predicted octanol–water partition coefficient (Wildman–Crippen LogP) is 7.58. The summed E-state index contributed by atoms with van der Waals surface area (Å²) in [6.45, 7) is 5.04. The Morgan fingerprint density at radius 2 is 1.71 bits per heavy atom. The molecule has 1 aliphatic rings. The van der Waals surface area contributed by atoms with Crippen molar-refractivity contribution >= 4 is 62.8 Å². The zero-order valence-corrected chi connectivity index (χ0v) is 24.3. The molecule has 5 rings (SSSR count). The zero-order chi connectivity index (χ0) is 26.5. The smallest absolute Gasteiger partial charge is 0.260 e. The van der Waals surface area contributed by atoms with Crippen LogP contribution in [0.5, 0.6) is 11.5 Å². The van der Waals surface area contributed by atoms with Crippen LogP contribution in [-0.2, 0) is 17.8 Å². The first-order valence-corrected chi connectivity index (χ1v) is 14.6. The standard InChI is InChI=1S/C31H29IN2O3S/c1-3-20-10-13-25(14-11-20)33-31-34-30(35)28(38-31)18-22-16-26(32)29(27(17-22)36-4-2)37-19-21-9-12-23-7-5-6-8-24(23)15-21/h5-18,31,33H,3-4,19H2,1-2H3,(H,34,35)/b28-18-/t31-/m1/s1. The quantitative estimate of drug-likeness (QED) is 0.147. The number of anilines is 1. The summed E-state index contributed by atoms with van der Waals surface area (Å²) in [4.78, 5) is 13.3. The number of nitrogens with one attached hydrogen (secondary N) is 2. The molecule has 7 heteroatoms. The van der Waals surface area contributed by atoms with E-state index in [0.717, 1.165) is 26.8 Å². The fourth-order valence-electron chi connectivity index (χ4n) is 4.26. The number of benzene rings is 4. The van der Waals surface area contributed by atoms with Crippen LogP contribution in [0, 0.1) is 3.57 Å². The van der Waals surface area contributed by atoms with Crippen LogP contribution in [0.4, 0.5) is 5.69 Å². The highest BCUT2D eigenvalue weighted by molar-refractivity contribution is 14.1. The Morgan fingerprint density at radius 3 is 2.47 bits per heavy atom. The summed E-state index contributed by atoms with van der Waals surface area (Å²) in [5, 5.41) is 8.78. The van der Waals surface area contributed by atoms with E-state index >= 15 is 0 Å². The molecular formula is C31H29IN2O3S. The first-order chi connectivity index (χ1) is 18.5. The lowest BCUT2D eigenvalue weighted by molar-refractivity contribution is -0.116. The number of aryl methyl sites for hydroxylation is 1. The molecule has 1 aliphatic heterocycles. The molecule has 0 aliphatic carbocycles. The van der Waals surface area contributed by atoms with E-state index in [1.807, 2.05) is 49.4 Å². The van der Waals surface area contributed by atoms with Crippen molar-refractivity contribution < 1.29 is 14.3 Å². The van der Waals surface area contributed by atoms with Gasteiger partial charge in [0.15, 0.2) is 17.0 Å². The van der Waals surface area contributed by atoms with E-state index in [1.165, 1.54) is 28.1 Å². The SMILES string of the molecule is CCOc1cc(/C=C2\S[C@H](Nc3ccc(CC)cc3)NC2=O)cc(I)c1OCc1ccc2ccccc2c1. The summed E-state index contributed by atoms with van der Waals surface area (Å²) < 4.78 is 13.1. The number of hydrogen-bond donors (Lipinski definition) is 2. The van der Waals surface area contributed by atoms with Crippen molar-refractivity contribution in [2.24, 2.45) is 0 Å². The number of fused-ring (bicyclic) bond motifs is 1. The zero-order valence-electron chi connectivity index (χ0n) is 21.3. The van der Waals surface area contributed by atoms with Gasteiger partial charge in [0.1, 0.15) is 6.61 Å². The highest BCUT2D eigenvalue weighted by atomic mass is 127. The molecular weight excluding hydrogens is 607 g/mol. The Bertz CT molecular complexity index is 1490. The molecule has 1 fully saturated rings. The van der Waals surface area contributed by atoms with Gasteiger partial charge in [-0.15, -0.1) is 0 Å². The molecule has 4 aromatic rings. The summed E-state index contributed by atoms with van der Waals surface area (Å²) >= 11 is 3.74. The molecule has 2 N–H and O–H groups in total. The molecule has 0 bridgehead atoms. The second-order valence-corrected chi connectivity index (χ2v) is 11.2. The topological polar surface area (TPSA) is 59.6 Å². The fraction of sp³-hybridized carbons (Fsp3) is 0.194. The molecule has 1 heterocycles. The van der Waals surface area contributed by atoms with E-state index in [-0.39, 0.29) is 11.4 Å². The second-order valence-electron chi connectivity index (χ2n) is 8.91. The van der Waals surface area contributed by atoms with Crippen LogP contribution in [0.2, 0.25) is 0 Å². The van der Waals surface area contributed by atoms with E-state index in [0.29, 0.717) is 29.6 Å². The van der Waals surface area contributed by atoms with Gasteiger partial charge in [-0.1, -0.05) is 67.2 Å². The highest BCUT2D eigenvalue weighted by Gasteiger charge is 2.27. The summed E-state index contributed by atoms with van der Waals surface area (Å²) in [6, 6.07) is 26.9. The fourth-order valence-corrected chi connectivity index (χ4v) is 6.03. The maximum atomic E-state index is 12.7. The van der Waals surface area contributed by atoms with Crippen molar-refractivity contribution in [2.45, 2.75) is 32.4 Å². The first kappa shape index (κ1) is 26.4.